The van der Waals surface area contributed by atoms with E-state index >= 15 is 0 Å². The molecule has 0 unspecified atom stereocenters. The summed E-state index contributed by atoms with van der Waals surface area (Å²) < 4.78 is 0. The maximum atomic E-state index is 4.50. The number of hydrogen-bond donors (Lipinski definition) is 2. The molecular weight excluding hydrogens is 268 g/mol. The standard InChI is InChI=1S/C9H12.C8H10.C2H7N.CH5N/c1-3-9-6-4-8(2)5-7-9;1-7-3-5-8(2)6-4-7;1-3-2;1-2/h4-7H,3H2,1-2H3;3-6H,1-2H3;3H,1-2H3;2H2,1H3. The van der Waals surface area contributed by atoms with Crippen LogP contribution in [0.5, 0.6) is 0 Å². The Morgan fingerprint density at radius 1 is 0.682 bits per heavy atom. The van der Waals surface area contributed by atoms with Crippen molar-refractivity contribution < 1.29 is 0 Å². The molecule has 0 radical (unpaired) electrons. The van der Waals surface area contributed by atoms with Crippen LogP contribution in [0.1, 0.15) is 29.2 Å². The van der Waals surface area contributed by atoms with Crippen LogP contribution in [0.15, 0.2) is 48.5 Å². The molecule has 0 atom stereocenters. The summed E-state index contributed by atoms with van der Waals surface area (Å²) in [5, 5.41) is 2.75. The summed E-state index contributed by atoms with van der Waals surface area (Å²) in [6.45, 7) is 8.48. The van der Waals surface area contributed by atoms with Gasteiger partial charge in [-0.15, -0.1) is 0 Å². The van der Waals surface area contributed by atoms with Crippen molar-refractivity contribution in [2.75, 3.05) is 21.1 Å². The van der Waals surface area contributed by atoms with Gasteiger partial charge in [-0.05, 0) is 53.9 Å². The quantitative estimate of drug-likeness (QED) is 0.825. The van der Waals surface area contributed by atoms with Gasteiger partial charge in [-0.3, -0.25) is 0 Å². The fraction of sp³-hybridized carbons (Fsp3) is 0.400. The molecular formula is C20H34N2. The van der Waals surface area contributed by atoms with E-state index in [2.05, 4.69) is 87.3 Å². The van der Waals surface area contributed by atoms with E-state index in [0.717, 1.165) is 6.42 Å². The first kappa shape index (κ1) is 22.6. The smallest absolute Gasteiger partial charge is 0.0167 e. The molecule has 2 rings (SSSR count). The van der Waals surface area contributed by atoms with Gasteiger partial charge in [0.25, 0.3) is 0 Å². The maximum Gasteiger partial charge on any atom is -0.0167 e. The zero-order valence-corrected chi connectivity index (χ0v) is 15.4. The molecule has 0 aliphatic carbocycles. The second-order valence-electron chi connectivity index (χ2n) is 4.99. The highest BCUT2D eigenvalue weighted by atomic mass is 14.7. The molecule has 0 saturated heterocycles. The average molecular weight is 303 g/mol. The van der Waals surface area contributed by atoms with Gasteiger partial charge < -0.3 is 11.1 Å². The summed E-state index contributed by atoms with van der Waals surface area (Å²) in [5.41, 5.74) is 9.92. The van der Waals surface area contributed by atoms with Crippen molar-refractivity contribution in [1.29, 1.82) is 0 Å². The Bertz CT molecular complexity index is 423. The first-order valence-electron chi connectivity index (χ1n) is 7.78. The lowest BCUT2D eigenvalue weighted by molar-refractivity contribution is 1.02. The normalized spacial score (nSPS) is 8.36. The Hall–Kier alpha value is -1.64. The van der Waals surface area contributed by atoms with Crippen LogP contribution in [-0.2, 0) is 6.42 Å². The van der Waals surface area contributed by atoms with Gasteiger partial charge in [-0.2, -0.15) is 0 Å². The lowest BCUT2D eigenvalue weighted by atomic mass is 10.1. The minimum Gasteiger partial charge on any atom is -0.333 e. The number of hydrogen-bond acceptors (Lipinski definition) is 2. The molecule has 0 aliphatic heterocycles. The summed E-state index contributed by atoms with van der Waals surface area (Å²) in [5.74, 6) is 0. The second kappa shape index (κ2) is 15.7. The third-order valence-electron chi connectivity index (χ3n) is 2.75. The summed E-state index contributed by atoms with van der Waals surface area (Å²) in [6, 6.07) is 17.1. The van der Waals surface area contributed by atoms with Crippen molar-refractivity contribution in [3.8, 4) is 0 Å². The van der Waals surface area contributed by atoms with E-state index in [4.69, 9.17) is 0 Å². The van der Waals surface area contributed by atoms with Crippen LogP contribution in [-0.4, -0.2) is 21.1 Å². The van der Waals surface area contributed by atoms with Crippen LogP contribution in [0.2, 0.25) is 0 Å². The molecule has 0 fully saturated rings. The van der Waals surface area contributed by atoms with Crippen LogP contribution in [0.25, 0.3) is 0 Å². The molecule has 0 heterocycles. The zero-order chi connectivity index (χ0) is 17.4. The second-order valence-corrected chi connectivity index (χ2v) is 4.99. The highest BCUT2D eigenvalue weighted by molar-refractivity contribution is 5.21. The number of aryl methyl sites for hydroxylation is 4. The van der Waals surface area contributed by atoms with Gasteiger partial charge in [-0.1, -0.05) is 72.1 Å². The van der Waals surface area contributed by atoms with Gasteiger partial charge >= 0.3 is 0 Å². The Morgan fingerprint density at radius 2 is 0.909 bits per heavy atom. The zero-order valence-electron chi connectivity index (χ0n) is 15.4. The Morgan fingerprint density at radius 3 is 1.14 bits per heavy atom. The average Bonchev–Trinajstić information content (AvgIpc) is 2.54. The largest absolute Gasteiger partial charge is 0.333 e. The van der Waals surface area contributed by atoms with E-state index in [0.29, 0.717) is 0 Å². The molecule has 0 saturated carbocycles. The molecule has 2 heteroatoms. The predicted molar refractivity (Wildman–Crippen MR) is 102 cm³/mol. The van der Waals surface area contributed by atoms with E-state index in [1.54, 1.807) is 0 Å². The van der Waals surface area contributed by atoms with Crippen molar-refractivity contribution in [3.05, 3.63) is 70.8 Å². The van der Waals surface area contributed by atoms with Crippen molar-refractivity contribution in [2.24, 2.45) is 5.73 Å². The summed E-state index contributed by atoms with van der Waals surface area (Å²) in [7, 11) is 5.25. The number of rotatable bonds is 1. The van der Waals surface area contributed by atoms with Gasteiger partial charge in [0.1, 0.15) is 0 Å². The molecule has 22 heavy (non-hydrogen) atoms. The van der Waals surface area contributed by atoms with Crippen LogP contribution in [0.4, 0.5) is 0 Å². The Balaban J connectivity index is 0. The van der Waals surface area contributed by atoms with Gasteiger partial charge in [-0.25, -0.2) is 0 Å². The topological polar surface area (TPSA) is 38.0 Å². The summed E-state index contributed by atoms with van der Waals surface area (Å²) >= 11 is 0. The molecule has 3 N–H and O–H groups in total. The number of nitrogens with one attached hydrogen (secondary N) is 1. The van der Waals surface area contributed by atoms with E-state index in [1.807, 2.05) is 14.1 Å². The van der Waals surface area contributed by atoms with Gasteiger partial charge in [0.15, 0.2) is 0 Å². The fourth-order valence-electron chi connectivity index (χ4n) is 1.46. The lowest BCUT2D eigenvalue weighted by Crippen LogP contribution is -1.89. The van der Waals surface area contributed by atoms with Gasteiger partial charge in [0.05, 0.1) is 0 Å². The van der Waals surface area contributed by atoms with Crippen LogP contribution < -0.4 is 11.1 Å². The molecule has 2 aromatic rings. The third-order valence-corrected chi connectivity index (χ3v) is 2.75. The van der Waals surface area contributed by atoms with E-state index < -0.39 is 0 Å². The highest BCUT2D eigenvalue weighted by Crippen LogP contribution is 2.02. The van der Waals surface area contributed by atoms with E-state index in [9.17, 15) is 0 Å². The SMILES string of the molecule is CCc1ccc(C)cc1.CN.CNC.Cc1ccc(C)cc1. The Kier molecular flexibility index (Phi) is 16.2. The molecule has 124 valence electrons. The van der Waals surface area contributed by atoms with E-state index in [-0.39, 0.29) is 0 Å². The highest BCUT2D eigenvalue weighted by Gasteiger charge is 1.84. The number of nitrogens with two attached hydrogens (primary N) is 1. The number of benzene rings is 2. The first-order chi connectivity index (χ1) is 10.5. The summed E-state index contributed by atoms with van der Waals surface area (Å²) in [6.07, 6.45) is 1.14. The van der Waals surface area contributed by atoms with Crippen molar-refractivity contribution in [1.82, 2.24) is 5.32 Å². The van der Waals surface area contributed by atoms with Crippen LogP contribution >= 0.6 is 0 Å². The van der Waals surface area contributed by atoms with Crippen molar-refractivity contribution in [2.45, 2.75) is 34.1 Å². The lowest BCUT2D eigenvalue weighted by Gasteiger charge is -1.94. The Labute approximate surface area is 137 Å². The molecule has 0 amide bonds. The summed E-state index contributed by atoms with van der Waals surface area (Å²) in [4.78, 5) is 0. The maximum absolute atomic E-state index is 4.50. The van der Waals surface area contributed by atoms with Gasteiger partial charge in [0, 0.05) is 0 Å². The molecule has 0 aromatic heterocycles. The predicted octanol–water partition coefficient (Wildman–Crippen LogP) is 4.27. The molecule has 0 spiro atoms. The first-order valence-corrected chi connectivity index (χ1v) is 7.78. The monoisotopic (exact) mass is 302 g/mol. The van der Waals surface area contributed by atoms with E-state index in [1.165, 1.54) is 29.3 Å². The fourth-order valence-corrected chi connectivity index (χ4v) is 1.46. The third kappa shape index (κ3) is 13.3. The molecule has 0 aliphatic rings. The van der Waals surface area contributed by atoms with Gasteiger partial charge in [0.2, 0.25) is 0 Å². The van der Waals surface area contributed by atoms with Crippen molar-refractivity contribution in [3.63, 3.8) is 0 Å². The minimum atomic E-state index is 1.14. The molecule has 2 aromatic carbocycles. The minimum absolute atomic E-state index is 1.14. The molecule has 2 nitrogen and oxygen atoms in total. The van der Waals surface area contributed by atoms with Crippen LogP contribution in [0, 0.1) is 20.8 Å². The van der Waals surface area contributed by atoms with Crippen molar-refractivity contribution >= 4 is 0 Å². The van der Waals surface area contributed by atoms with Crippen LogP contribution in [0.3, 0.4) is 0 Å². The molecule has 0 bridgehead atoms.